The van der Waals surface area contributed by atoms with Gasteiger partial charge in [0.15, 0.2) is 0 Å². The molecule has 0 aliphatic heterocycles. The third-order valence-corrected chi connectivity index (χ3v) is 3.03. The Balaban J connectivity index is 2.03. The number of halogens is 1. The predicted octanol–water partition coefficient (Wildman–Crippen LogP) is 3.78. The van der Waals surface area contributed by atoms with Gasteiger partial charge in [-0.05, 0) is 43.7 Å². The van der Waals surface area contributed by atoms with Gasteiger partial charge in [-0.2, -0.15) is 0 Å². The first kappa shape index (κ1) is 14.1. The van der Waals surface area contributed by atoms with Crippen molar-refractivity contribution < 1.29 is 13.6 Å². The second-order valence-corrected chi connectivity index (χ2v) is 4.54. The van der Waals surface area contributed by atoms with Crippen LogP contribution in [0.3, 0.4) is 0 Å². The van der Waals surface area contributed by atoms with E-state index in [0.717, 1.165) is 5.56 Å². The monoisotopic (exact) mass is 276 g/mol. The number of hydrogen-bond donors (Lipinski definition) is 1. The minimum Gasteiger partial charge on any atom is -0.472 e. The smallest absolute Gasteiger partial charge is 0.322 e. The summed E-state index contributed by atoms with van der Waals surface area (Å²) < 4.78 is 18.2. The molecule has 0 fully saturated rings. The number of urea groups is 1. The summed E-state index contributed by atoms with van der Waals surface area (Å²) >= 11 is 0. The molecule has 0 spiro atoms. The first-order valence-electron chi connectivity index (χ1n) is 6.43. The number of carbonyl (C=O) groups excluding carboxylic acids is 1. The lowest BCUT2D eigenvalue weighted by atomic mass is 10.2. The van der Waals surface area contributed by atoms with E-state index in [2.05, 4.69) is 5.32 Å². The molecular formula is C15H17FN2O2. The number of benzene rings is 1. The molecule has 106 valence electrons. The SMILES string of the molecule is CCN(Cc1ccoc1)C(=O)Nc1ccc(F)c(C)c1. The van der Waals surface area contributed by atoms with Crippen LogP contribution in [0.2, 0.25) is 0 Å². The zero-order chi connectivity index (χ0) is 14.5. The van der Waals surface area contributed by atoms with Crippen LogP contribution < -0.4 is 5.32 Å². The van der Waals surface area contributed by atoms with Gasteiger partial charge in [0.1, 0.15) is 5.82 Å². The molecule has 1 N–H and O–H groups in total. The number of rotatable bonds is 4. The Morgan fingerprint density at radius 1 is 1.40 bits per heavy atom. The molecule has 0 saturated carbocycles. The molecule has 0 aliphatic carbocycles. The van der Waals surface area contributed by atoms with Crippen LogP contribution in [0.25, 0.3) is 0 Å². The fourth-order valence-corrected chi connectivity index (χ4v) is 1.86. The van der Waals surface area contributed by atoms with E-state index < -0.39 is 0 Å². The highest BCUT2D eigenvalue weighted by molar-refractivity contribution is 5.89. The predicted molar refractivity (Wildman–Crippen MR) is 74.9 cm³/mol. The molecule has 2 amide bonds. The normalized spacial score (nSPS) is 10.3. The van der Waals surface area contributed by atoms with Crippen molar-refractivity contribution >= 4 is 11.7 Å². The molecular weight excluding hydrogens is 259 g/mol. The van der Waals surface area contributed by atoms with Crippen molar-refractivity contribution in [2.24, 2.45) is 0 Å². The summed E-state index contributed by atoms with van der Waals surface area (Å²) in [5, 5.41) is 2.76. The second-order valence-electron chi connectivity index (χ2n) is 4.54. The standard InChI is InChI=1S/C15H17FN2O2/c1-3-18(9-12-6-7-20-10-12)15(19)17-13-4-5-14(16)11(2)8-13/h4-8,10H,3,9H2,1-2H3,(H,17,19). The van der Waals surface area contributed by atoms with E-state index >= 15 is 0 Å². The molecule has 0 aliphatic rings. The van der Waals surface area contributed by atoms with Gasteiger partial charge < -0.3 is 14.6 Å². The maximum atomic E-state index is 13.2. The average Bonchev–Trinajstić information content (AvgIpc) is 2.93. The lowest BCUT2D eigenvalue weighted by Crippen LogP contribution is -2.34. The molecule has 2 aromatic rings. The summed E-state index contributed by atoms with van der Waals surface area (Å²) in [5.41, 5.74) is 2.01. The number of aryl methyl sites for hydroxylation is 1. The fraction of sp³-hybridized carbons (Fsp3) is 0.267. The summed E-state index contributed by atoms with van der Waals surface area (Å²) in [6.45, 7) is 4.60. The van der Waals surface area contributed by atoms with Crippen LogP contribution in [-0.2, 0) is 6.54 Å². The van der Waals surface area contributed by atoms with Gasteiger partial charge in [0.05, 0.1) is 19.1 Å². The van der Waals surface area contributed by atoms with E-state index in [1.54, 1.807) is 36.5 Å². The Labute approximate surface area is 117 Å². The van der Waals surface area contributed by atoms with E-state index in [4.69, 9.17) is 4.42 Å². The third kappa shape index (κ3) is 3.38. The maximum absolute atomic E-state index is 13.2. The van der Waals surface area contributed by atoms with Crippen LogP contribution in [0, 0.1) is 12.7 Å². The number of nitrogens with zero attached hydrogens (tertiary/aromatic N) is 1. The molecule has 20 heavy (non-hydrogen) atoms. The molecule has 0 bridgehead atoms. The van der Waals surface area contributed by atoms with Crippen LogP contribution in [0.15, 0.2) is 41.2 Å². The Hall–Kier alpha value is -2.30. The van der Waals surface area contributed by atoms with Crippen LogP contribution in [0.5, 0.6) is 0 Å². The van der Waals surface area contributed by atoms with Crippen molar-refractivity contribution in [1.82, 2.24) is 4.90 Å². The lowest BCUT2D eigenvalue weighted by Gasteiger charge is -2.20. The molecule has 5 heteroatoms. The highest BCUT2D eigenvalue weighted by Crippen LogP contribution is 2.15. The Bertz CT molecular complexity index is 582. The number of amides is 2. The van der Waals surface area contributed by atoms with Gasteiger partial charge in [0.25, 0.3) is 0 Å². The van der Waals surface area contributed by atoms with Crippen LogP contribution >= 0.6 is 0 Å². The minimum atomic E-state index is -0.284. The molecule has 0 atom stereocenters. The van der Waals surface area contributed by atoms with E-state index in [1.807, 2.05) is 13.0 Å². The quantitative estimate of drug-likeness (QED) is 0.923. The highest BCUT2D eigenvalue weighted by atomic mass is 19.1. The molecule has 2 rings (SSSR count). The van der Waals surface area contributed by atoms with Crippen molar-refractivity contribution in [1.29, 1.82) is 0 Å². The Kier molecular flexibility index (Phi) is 4.40. The number of carbonyl (C=O) groups is 1. The van der Waals surface area contributed by atoms with Gasteiger partial charge in [-0.25, -0.2) is 9.18 Å². The molecule has 0 saturated heterocycles. The first-order valence-corrected chi connectivity index (χ1v) is 6.43. The van der Waals surface area contributed by atoms with Gasteiger partial charge in [-0.3, -0.25) is 0 Å². The van der Waals surface area contributed by atoms with Crippen molar-refractivity contribution in [3.8, 4) is 0 Å². The average molecular weight is 276 g/mol. The minimum absolute atomic E-state index is 0.222. The van der Waals surface area contributed by atoms with Crippen molar-refractivity contribution in [2.75, 3.05) is 11.9 Å². The molecule has 4 nitrogen and oxygen atoms in total. The summed E-state index contributed by atoms with van der Waals surface area (Å²) in [7, 11) is 0. The summed E-state index contributed by atoms with van der Waals surface area (Å²) in [6.07, 6.45) is 3.18. The zero-order valence-corrected chi connectivity index (χ0v) is 11.5. The highest BCUT2D eigenvalue weighted by Gasteiger charge is 2.13. The Morgan fingerprint density at radius 3 is 2.80 bits per heavy atom. The molecule has 0 radical (unpaired) electrons. The zero-order valence-electron chi connectivity index (χ0n) is 11.5. The molecule has 0 unspecified atom stereocenters. The molecule has 1 heterocycles. The van der Waals surface area contributed by atoms with Gasteiger partial charge >= 0.3 is 6.03 Å². The Morgan fingerprint density at radius 2 is 2.20 bits per heavy atom. The van der Waals surface area contributed by atoms with Gasteiger partial charge in [0.2, 0.25) is 0 Å². The van der Waals surface area contributed by atoms with Gasteiger partial charge in [-0.15, -0.1) is 0 Å². The summed E-state index contributed by atoms with van der Waals surface area (Å²) in [5.74, 6) is -0.284. The number of nitrogens with one attached hydrogen (secondary N) is 1. The van der Waals surface area contributed by atoms with Gasteiger partial charge in [-0.1, -0.05) is 0 Å². The van der Waals surface area contributed by atoms with Crippen LogP contribution in [0.1, 0.15) is 18.1 Å². The largest absolute Gasteiger partial charge is 0.472 e. The van der Waals surface area contributed by atoms with E-state index in [0.29, 0.717) is 24.3 Å². The molecule has 1 aromatic carbocycles. The number of hydrogen-bond acceptors (Lipinski definition) is 2. The topological polar surface area (TPSA) is 45.5 Å². The van der Waals surface area contributed by atoms with Crippen molar-refractivity contribution in [2.45, 2.75) is 20.4 Å². The first-order chi connectivity index (χ1) is 9.60. The maximum Gasteiger partial charge on any atom is 0.322 e. The van der Waals surface area contributed by atoms with Gasteiger partial charge in [0, 0.05) is 17.8 Å². The van der Waals surface area contributed by atoms with Crippen LogP contribution in [0.4, 0.5) is 14.9 Å². The lowest BCUT2D eigenvalue weighted by molar-refractivity contribution is 0.212. The van der Waals surface area contributed by atoms with Crippen molar-refractivity contribution in [3.05, 3.63) is 53.7 Å². The van der Waals surface area contributed by atoms with Crippen molar-refractivity contribution in [3.63, 3.8) is 0 Å². The van der Waals surface area contributed by atoms with E-state index in [-0.39, 0.29) is 11.8 Å². The summed E-state index contributed by atoms with van der Waals surface area (Å²) in [6, 6.07) is 6.10. The van der Waals surface area contributed by atoms with E-state index in [1.165, 1.54) is 6.07 Å². The fourth-order valence-electron chi connectivity index (χ4n) is 1.86. The second kappa shape index (κ2) is 6.23. The van der Waals surface area contributed by atoms with Crippen LogP contribution in [-0.4, -0.2) is 17.5 Å². The summed E-state index contributed by atoms with van der Waals surface area (Å²) in [4.78, 5) is 13.8. The molecule has 1 aromatic heterocycles. The number of furan rings is 1. The number of anilines is 1. The van der Waals surface area contributed by atoms with E-state index in [9.17, 15) is 9.18 Å². The third-order valence-electron chi connectivity index (χ3n) is 3.03.